The molecule has 4 rings (SSSR count). The molecule has 236 valence electrons. The van der Waals surface area contributed by atoms with Crippen LogP contribution in [0.25, 0.3) is 16.6 Å². The molecule has 0 unspecified atom stereocenters. The molecule has 3 aromatic rings. The normalized spacial score (nSPS) is 14.5. The summed E-state index contributed by atoms with van der Waals surface area (Å²) in [6.07, 6.45) is 5.85. The van der Waals surface area contributed by atoms with E-state index in [4.69, 9.17) is 14.3 Å². The van der Waals surface area contributed by atoms with E-state index in [1.807, 2.05) is 48.7 Å². The van der Waals surface area contributed by atoms with E-state index in [9.17, 15) is 19.5 Å². The molecule has 0 amide bonds. The highest BCUT2D eigenvalue weighted by Crippen LogP contribution is 2.31. The van der Waals surface area contributed by atoms with E-state index in [1.165, 1.54) is 6.92 Å². The largest absolute Gasteiger partial charge is 0.491 e. The van der Waals surface area contributed by atoms with Gasteiger partial charge in [0.1, 0.15) is 18.1 Å². The van der Waals surface area contributed by atoms with Crippen molar-refractivity contribution in [3.8, 4) is 11.4 Å². The highest BCUT2D eigenvalue weighted by molar-refractivity contribution is 6.47. The van der Waals surface area contributed by atoms with Gasteiger partial charge in [-0.1, -0.05) is 31.3 Å². The first-order valence-corrected chi connectivity index (χ1v) is 15.3. The van der Waals surface area contributed by atoms with Crippen molar-refractivity contribution in [2.75, 3.05) is 39.5 Å². The van der Waals surface area contributed by atoms with Crippen molar-refractivity contribution >= 4 is 34.2 Å². The number of aliphatic hydroxyl groups excluding tert-OH is 1. The van der Waals surface area contributed by atoms with Gasteiger partial charge in [-0.2, -0.15) is 0 Å². The molecule has 2 heterocycles. The predicted octanol–water partition coefficient (Wildman–Crippen LogP) is 5.37. The number of aliphatic hydroxyl groups is 1. The number of fused-ring (bicyclic) bond motifs is 1. The number of Topliss-reactive ketones (excluding diaryl/α,β-unsaturated/α-hetero) is 2. The maximum atomic E-state index is 13.9. The summed E-state index contributed by atoms with van der Waals surface area (Å²) in [6, 6.07) is 12.8. The summed E-state index contributed by atoms with van der Waals surface area (Å²) in [5.74, 6) is -0.410. The van der Waals surface area contributed by atoms with E-state index in [1.54, 1.807) is 18.3 Å². The van der Waals surface area contributed by atoms with Crippen LogP contribution in [0.1, 0.15) is 80.5 Å². The van der Waals surface area contributed by atoms with Crippen LogP contribution in [0, 0.1) is 0 Å². The molecule has 1 aliphatic rings. The molecule has 0 radical (unpaired) electrons. The second-order valence-corrected chi connectivity index (χ2v) is 11.5. The fraction of sp³-hybridized carbons (Fsp3) is 0.471. The first kappa shape index (κ1) is 33.0. The van der Waals surface area contributed by atoms with Crippen molar-refractivity contribution in [1.29, 1.82) is 0 Å². The van der Waals surface area contributed by atoms with E-state index in [0.29, 0.717) is 55.0 Å². The van der Waals surface area contributed by atoms with E-state index in [0.717, 1.165) is 36.9 Å². The summed E-state index contributed by atoms with van der Waals surface area (Å²) in [4.78, 5) is 46.1. The smallest absolute Gasteiger partial charge is 0.331 e. The zero-order chi connectivity index (χ0) is 31.7. The van der Waals surface area contributed by atoms with Crippen LogP contribution in [0.2, 0.25) is 0 Å². The molecule has 0 saturated carbocycles. The Morgan fingerprint density at radius 1 is 1.02 bits per heavy atom. The minimum atomic E-state index is -0.676. The number of hydrogen-bond donors (Lipinski definition) is 1. The summed E-state index contributed by atoms with van der Waals surface area (Å²) >= 11 is 0. The van der Waals surface area contributed by atoms with Crippen LogP contribution in [-0.4, -0.2) is 82.9 Å². The Morgan fingerprint density at radius 2 is 1.75 bits per heavy atom. The predicted molar refractivity (Wildman–Crippen MR) is 169 cm³/mol. The molecular weight excluding hydrogens is 562 g/mol. The molecule has 0 spiro atoms. The third kappa shape index (κ3) is 7.80. The standard InChI is InChI=1S/C34H43N3O7/c1-5-6-7-8-9-30(35-44-24(2)39)32(40)29-23-37(31-15-14-27(22-28(29)31)43-21-18-38)26-12-10-25(11-13-26)33(41)34(3,4)36-16-19-42-20-17-36/h10-15,22-23,38H,5-9,16-21H2,1-4H3/b35-30+. The zero-order valence-corrected chi connectivity index (χ0v) is 26.1. The summed E-state index contributed by atoms with van der Waals surface area (Å²) in [6.45, 7) is 9.83. The molecule has 44 heavy (non-hydrogen) atoms. The molecule has 2 aromatic carbocycles. The lowest BCUT2D eigenvalue weighted by Gasteiger charge is -2.39. The highest BCUT2D eigenvalue weighted by atomic mass is 16.7. The lowest BCUT2D eigenvalue weighted by Crippen LogP contribution is -2.54. The van der Waals surface area contributed by atoms with Crippen LogP contribution in [0.3, 0.4) is 0 Å². The SMILES string of the molecule is CCCCCC/C(=N\OC(C)=O)C(=O)c1cn(-c2ccc(C(=O)C(C)(C)N3CCOCC3)cc2)c2ccc(OCCO)cc12. The average Bonchev–Trinajstić information content (AvgIpc) is 3.42. The Labute approximate surface area is 258 Å². The Kier molecular flexibility index (Phi) is 11.4. The van der Waals surface area contributed by atoms with Crippen LogP contribution in [0.5, 0.6) is 5.75 Å². The van der Waals surface area contributed by atoms with Gasteiger partial charge < -0.3 is 24.0 Å². The van der Waals surface area contributed by atoms with Gasteiger partial charge in [0.05, 0.1) is 36.4 Å². The number of carbonyl (C=O) groups is 3. The Morgan fingerprint density at radius 3 is 2.41 bits per heavy atom. The van der Waals surface area contributed by atoms with Crippen molar-refractivity contribution in [2.24, 2.45) is 5.16 Å². The number of ether oxygens (including phenoxy) is 2. The summed E-state index contributed by atoms with van der Waals surface area (Å²) in [7, 11) is 0. The number of rotatable bonds is 15. The monoisotopic (exact) mass is 605 g/mol. The van der Waals surface area contributed by atoms with Crippen LogP contribution < -0.4 is 4.74 Å². The van der Waals surface area contributed by atoms with Gasteiger partial charge in [0.15, 0.2) is 5.78 Å². The van der Waals surface area contributed by atoms with Gasteiger partial charge in [0, 0.05) is 42.8 Å². The third-order valence-corrected chi connectivity index (χ3v) is 7.96. The quantitative estimate of drug-likeness (QED) is 0.0808. The highest BCUT2D eigenvalue weighted by Gasteiger charge is 2.36. The minimum absolute atomic E-state index is 0.0271. The van der Waals surface area contributed by atoms with Gasteiger partial charge in [-0.15, -0.1) is 0 Å². The first-order chi connectivity index (χ1) is 21.2. The number of benzene rings is 2. The average molecular weight is 606 g/mol. The van der Waals surface area contributed by atoms with Crippen LogP contribution in [0.4, 0.5) is 0 Å². The number of carbonyl (C=O) groups excluding carboxylic acids is 3. The van der Waals surface area contributed by atoms with E-state index in [-0.39, 0.29) is 30.5 Å². The van der Waals surface area contributed by atoms with Gasteiger partial charge in [-0.05, 0) is 69.2 Å². The molecule has 1 fully saturated rings. The van der Waals surface area contributed by atoms with Gasteiger partial charge in [0.2, 0.25) is 5.78 Å². The molecule has 10 nitrogen and oxygen atoms in total. The lowest BCUT2D eigenvalue weighted by atomic mass is 9.91. The van der Waals surface area contributed by atoms with Crippen LogP contribution in [0.15, 0.2) is 53.8 Å². The number of ketones is 2. The Bertz CT molecular complexity index is 1480. The van der Waals surface area contributed by atoms with Gasteiger partial charge in [0.25, 0.3) is 0 Å². The summed E-state index contributed by atoms with van der Waals surface area (Å²) in [5.41, 5.74) is 1.98. The number of hydrogen-bond acceptors (Lipinski definition) is 9. The summed E-state index contributed by atoms with van der Waals surface area (Å²) < 4.78 is 13.0. The lowest BCUT2D eigenvalue weighted by molar-refractivity contribution is -0.140. The number of unbranched alkanes of at least 4 members (excludes halogenated alkanes) is 3. The molecule has 10 heteroatoms. The van der Waals surface area contributed by atoms with Crippen molar-refractivity contribution in [3.63, 3.8) is 0 Å². The Hall–Kier alpha value is -3.86. The first-order valence-electron chi connectivity index (χ1n) is 15.3. The molecule has 0 aliphatic carbocycles. The maximum absolute atomic E-state index is 13.9. The van der Waals surface area contributed by atoms with Crippen molar-refractivity contribution in [2.45, 2.75) is 65.3 Å². The van der Waals surface area contributed by atoms with E-state index < -0.39 is 11.5 Å². The molecule has 1 N–H and O–H groups in total. The fourth-order valence-electron chi connectivity index (χ4n) is 5.44. The number of oxime groups is 1. The third-order valence-electron chi connectivity index (χ3n) is 7.96. The van der Waals surface area contributed by atoms with Crippen LogP contribution in [-0.2, 0) is 14.4 Å². The number of aromatic nitrogens is 1. The van der Waals surface area contributed by atoms with E-state index >= 15 is 0 Å². The van der Waals surface area contributed by atoms with E-state index in [2.05, 4.69) is 17.0 Å². The molecule has 1 aromatic heterocycles. The molecular formula is C34H43N3O7. The molecule has 0 bridgehead atoms. The second kappa shape index (κ2) is 15.2. The van der Waals surface area contributed by atoms with Crippen molar-refractivity contribution in [3.05, 3.63) is 59.8 Å². The zero-order valence-electron chi connectivity index (χ0n) is 26.1. The minimum Gasteiger partial charge on any atom is -0.491 e. The molecule has 1 saturated heterocycles. The number of nitrogens with zero attached hydrogens (tertiary/aromatic N) is 3. The topological polar surface area (TPSA) is 120 Å². The van der Waals surface area contributed by atoms with Gasteiger partial charge in [-0.3, -0.25) is 14.5 Å². The van der Waals surface area contributed by atoms with Crippen molar-refractivity contribution < 1.29 is 33.8 Å². The Balaban J connectivity index is 1.71. The second-order valence-electron chi connectivity index (χ2n) is 11.5. The molecule has 0 atom stereocenters. The summed E-state index contributed by atoms with van der Waals surface area (Å²) in [5, 5.41) is 13.8. The van der Waals surface area contributed by atoms with Gasteiger partial charge in [-0.25, -0.2) is 4.79 Å². The van der Waals surface area contributed by atoms with Crippen LogP contribution >= 0.6 is 0 Å². The van der Waals surface area contributed by atoms with Crippen molar-refractivity contribution in [1.82, 2.24) is 9.47 Å². The van der Waals surface area contributed by atoms with Gasteiger partial charge >= 0.3 is 5.97 Å². The molecule has 1 aliphatic heterocycles. The number of morpholine rings is 1. The fourth-order valence-corrected chi connectivity index (χ4v) is 5.44. The maximum Gasteiger partial charge on any atom is 0.331 e.